The Kier molecular flexibility index (Phi) is 13.5. The Morgan fingerprint density at radius 1 is 0.859 bits per heavy atom. The fourth-order valence-electron chi connectivity index (χ4n) is 7.67. The molecular weight excluding hydrogens is 879 g/mol. The van der Waals surface area contributed by atoms with E-state index in [1.807, 2.05) is 6.92 Å². The molecule has 3 aromatic carbocycles. The number of amides is 3. The van der Waals surface area contributed by atoms with E-state index in [0.29, 0.717) is 38.7 Å². The Labute approximate surface area is 371 Å². The number of aromatic nitrogens is 1. The van der Waals surface area contributed by atoms with Crippen LogP contribution in [0.25, 0.3) is 0 Å². The van der Waals surface area contributed by atoms with Crippen molar-refractivity contribution in [3.63, 3.8) is 0 Å². The minimum absolute atomic E-state index is 0.0186. The zero-order valence-electron chi connectivity index (χ0n) is 34.0. The van der Waals surface area contributed by atoms with Crippen LogP contribution in [0.1, 0.15) is 53.7 Å². The number of hydrogen-bond acceptors (Lipinski definition) is 17. The molecule has 1 aromatic heterocycles. The van der Waals surface area contributed by atoms with Crippen molar-refractivity contribution in [1.82, 2.24) is 20.1 Å². The van der Waals surface area contributed by atoms with Crippen molar-refractivity contribution >= 4 is 64.2 Å². The molecule has 0 bridgehead atoms. The molecule has 4 aromatic rings. The number of ether oxygens (including phenoxy) is 3. The molecule has 3 amide bonds. The van der Waals surface area contributed by atoms with Gasteiger partial charge < -0.3 is 29.5 Å². The first-order chi connectivity index (χ1) is 30.6. The summed E-state index contributed by atoms with van der Waals surface area (Å²) in [7, 11) is 0. The number of β-lactam (4-membered cyclic amide) rings is 1. The lowest BCUT2D eigenvalue weighted by atomic mass is 9.79. The Morgan fingerprint density at radius 3 is 1.89 bits per heavy atom. The molecule has 2 unspecified atom stereocenters. The summed E-state index contributed by atoms with van der Waals surface area (Å²) in [4.78, 5) is 93.4. The van der Waals surface area contributed by atoms with E-state index in [0.717, 1.165) is 0 Å². The van der Waals surface area contributed by atoms with Gasteiger partial charge in [-0.1, -0.05) is 6.92 Å². The van der Waals surface area contributed by atoms with Gasteiger partial charge in [0.2, 0.25) is 5.91 Å². The highest BCUT2D eigenvalue weighted by Gasteiger charge is 2.60. The van der Waals surface area contributed by atoms with Gasteiger partial charge in [-0.2, -0.15) is 0 Å². The number of thioether (sulfide) groups is 1. The van der Waals surface area contributed by atoms with Gasteiger partial charge in [-0.3, -0.25) is 40.0 Å². The highest BCUT2D eigenvalue weighted by atomic mass is 32.2. The Morgan fingerprint density at radius 2 is 1.38 bits per heavy atom. The molecule has 0 radical (unpaired) electrons. The Hall–Kier alpha value is -6.98. The molecule has 0 spiro atoms. The van der Waals surface area contributed by atoms with Crippen LogP contribution in [0.5, 0.6) is 0 Å². The van der Waals surface area contributed by atoms with Crippen LogP contribution in [-0.2, 0) is 50.2 Å². The number of nitrogens with one attached hydrogen (secondary N) is 1. The van der Waals surface area contributed by atoms with Gasteiger partial charge in [0, 0.05) is 64.4 Å². The van der Waals surface area contributed by atoms with Gasteiger partial charge in [-0.25, -0.2) is 19.4 Å². The first-order valence-electron chi connectivity index (χ1n) is 19.7. The Bertz CT molecular complexity index is 2500. The lowest BCUT2D eigenvalue weighted by molar-refractivity contribution is -0.385. The third-order valence-electron chi connectivity index (χ3n) is 10.9. The van der Waals surface area contributed by atoms with E-state index in [9.17, 15) is 54.6 Å². The highest BCUT2D eigenvalue weighted by molar-refractivity contribution is 8.03. The zero-order chi connectivity index (χ0) is 45.8. The van der Waals surface area contributed by atoms with Crippen LogP contribution in [0, 0.1) is 42.2 Å². The largest absolute Gasteiger partial charge is 0.456 e. The summed E-state index contributed by atoms with van der Waals surface area (Å²) in [5.74, 6) is -2.42. The second kappa shape index (κ2) is 19.2. The fraction of sp³-hybridized carbons (Fsp3) is 0.341. The first-order valence-corrected chi connectivity index (χ1v) is 21.4. The number of non-ortho nitro benzene ring substituents is 3. The van der Waals surface area contributed by atoms with E-state index >= 15 is 0 Å². The Balaban J connectivity index is 1.08. The smallest absolute Gasteiger partial charge is 0.410 e. The maximum atomic E-state index is 13.9. The average molecular weight is 918 g/mol. The number of thiazole rings is 1. The van der Waals surface area contributed by atoms with Crippen molar-refractivity contribution in [2.45, 2.75) is 70.1 Å². The second-order valence-corrected chi connectivity index (χ2v) is 17.4. The SMILES string of the molecule is C[C@@H](O)C1C(=O)N2C(C(=O)OCc3ccc([N+](=O)[O-])cc3)=C(S[C@H]3C[C@@H](c4nc(CNC(=O)OCc5ccc([N+](=O)[O-])cc5)cs4)N(C(=O)OCc4ccc([N+](=O)[O-])cc4)C3)[C@H](C)C12. The van der Waals surface area contributed by atoms with Crippen molar-refractivity contribution in [2.24, 2.45) is 11.8 Å². The van der Waals surface area contributed by atoms with E-state index in [1.54, 1.807) is 5.38 Å². The van der Waals surface area contributed by atoms with Crippen LogP contribution in [0.2, 0.25) is 0 Å². The molecule has 0 aliphatic carbocycles. The number of carbonyl (C=O) groups is 4. The lowest BCUT2D eigenvalue weighted by Crippen LogP contribution is -2.63. The first kappa shape index (κ1) is 45.1. The number of aliphatic hydroxyl groups is 1. The number of alkyl carbamates (subject to hydrolysis) is 1. The minimum Gasteiger partial charge on any atom is -0.456 e. The molecule has 2 saturated heterocycles. The number of nitro benzene ring substituents is 3. The van der Waals surface area contributed by atoms with Gasteiger partial charge in [0.1, 0.15) is 30.5 Å². The van der Waals surface area contributed by atoms with Crippen LogP contribution < -0.4 is 5.32 Å². The summed E-state index contributed by atoms with van der Waals surface area (Å²) in [5, 5.41) is 48.2. The number of esters is 1. The summed E-state index contributed by atoms with van der Waals surface area (Å²) < 4.78 is 16.6. The molecule has 21 nitrogen and oxygen atoms in total. The molecule has 4 heterocycles. The number of nitro groups is 3. The quantitative estimate of drug-likeness (QED) is 0.0410. The van der Waals surface area contributed by atoms with Gasteiger partial charge >= 0.3 is 18.2 Å². The van der Waals surface area contributed by atoms with Gasteiger partial charge in [0.15, 0.2) is 0 Å². The molecule has 6 atom stereocenters. The number of benzene rings is 3. The summed E-state index contributed by atoms with van der Waals surface area (Å²) in [6.45, 7) is 2.86. The van der Waals surface area contributed by atoms with E-state index < -0.39 is 68.9 Å². The third-order valence-corrected chi connectivity index (χ3v) is 13.4. The van der Waals surface area contributed by atoms with E-state index in [1.165, 1.54) is 113 Å². The average Bonchev–Trinajstić information content (AvgIpc) is 3.99. The topological polar surface area (TPSA) is 277 Å². The van der Waals surface area contributed by atoms with Gasteiger partial charge in [-0.15, -0.1) is 23.1 Å². The predicted molar refractivity (Wildman–Crippen MR) is 226 cm³/mol. The molecule has 0 saturated carbocycles. The number of likely N-dealkylation sites (tertiary alicyclic amines) is 1. The predicted octanol–water partition coefficient (Wildman–Crippen LogP) is 6.29. The monoisotopic (exact) mass is 917 g/mol. The summed E-state index contributed by atoms with van der Waals surface area (Å²) in [6, 6.07) is 15.4. The number of nitrogens with zero attached hydrogens (tertiary/aromatic N) is 6. The highest BCUT2D eigenvalue weighted by Crippen LogP contribution is 2.53. The van der Waals surface area contributed by atoms with Crippen molar-refractivity contribution in [1.29, 1.82) is 0 Å². The van der Waals surface area contributed by atoms with Crippen molar-refractivity contribution in [3.05, 3.63) is 147 Å². The fourth-order valence-corrected chi connectivity index (χ4v) is 10.1. The lowest BCUT2D eigenvalue weighted by Gasteiger charge is -2.46. The molecule has 2 N–H and O–H groups in total. The molecular formula is C41H39N7O14S2. The molecule has 64 heavy (non-hydrogen) atoms. The zero-order valence-corrected chi connectivity index (χ0v) is 35.6. The van der Waals surface area contributed by atoms with E-state index in [2.05, 4.69) is 5.32 Å². The summed E-state index contributed by atoms with van der Waals surface area (Å²) in [5.41, 5.74) is 1.64. The van der Waals surface area contributed by atoms with Crippen molar-refractivity contribution in [2.75, 3.05) is 6.54 Å². The van der Waals surface area contributed by atoms with Crippen LogP contribution in [0.15, 0.2) is 88.8 Å². The van der Waals surface area contributed by atoms with Gasteiger partial charge in [-0.05, 0) is 66.4 Å². The van der Waals surface area contributed by atoms with E-state index in [4.69, 9.17) is 19.2 Å². The standard InChI is InChI=1S/C41H39N7O14S2/c1-22-34-33(23(2)49)38(50)45(34)35(39(51)60-18-24-3-9-28(10-4-24)46(54)55)36(22)64-31-15-32(44(17-31)41(53)62-20-26-7-13-30(14-8-26)48(58)59)37-43-27(21-63-37)16-42-40(52)61-19-25-5-11-29(12-6-25)47(56)57/h3-14,21-23,31-34,49H,15-20H2,1-2H3,(H,42,52)/t22-,23-,31+,32+,33?,34?/m1/s1. The summed E-state index contributed by atoms with van der Waals surface area (Å²) >= 11 is 2.54. The molecule has 7 rings (SSSR count). The molecule has 3 aliphatic rings. The maximum absolute atomic E-state index is 13.9. The normalized spacial score (nSPS) is 20.5. The molecule has 334 valence electrons. The van der Waals surface area contributed by atoms with Crippen LogP contribution >= 0.6 is 23.1 Å². The van der Waals surface area contributed by atoms with Crippen LogP contribution in [0.3, 0.4) is 0 Å². The van der Waals surface area contributed by atoms with Crippen molar-refractivity contribution in [3.8, 4) is 0 Å². The molecule has 3 aliphatic heterocycles. The number of carbonyl (C=O) groups excluding carboxylic acids is 4. The van der Waals surface area contributed by atoms with Crippen LogP contribution in [-0.4, -0.2) is 82.7 Å². The van der Waals surface area contributed by atoms with E-state index in [-0.39, 0.29) is 60.9 Å². The van der Waals surface area contributed by atoms with Gasteiger partial charge in [0.25, 0.3) is 17.1 Å². The summed E-state index contributed by atoms with van der Waals surface area (Å²) in [6.07, 6.45) is -2.15. The number of aliphatic hydroxyl groups excluding tert-OH is 1. The maximum Gasteiger partial charge on any atom is 0.410 e. The van der Waals surface area contributed by atoms with Crippen molar-refractivity contribution < 1.29 is 53.3 Å². The second-order valence-electron chi connectivity index (χ2n) is 15.1. The third kappa shape index (κ3) is 9.80. The molecule has 2 fully saturated rings. The number of fused-ring (bicyclic) bond motifs is 1. The van der Waals surface area contributed by atoms with Gasteiger partial charge in [0.05, 0.1) is 51.1 Å². The number of rotatable bonds is 16. The number of hydrogen-bond donors (Lipinski definition) is 2. The molecule has 23 heteroatoms. The minimum atomic E-state index is -1.000. The van der Waals surface area contributed by atoms with Crippen LogP contribution in [0.4, 0.5) is 26.7 Å².